The summed E-state index contributed by atoms with van der Waals surface area (Å²) in [6.45, 7) is 0.401. The highest BCUT2D eigenvalue weighted by Crippen LogP contribution is 2.33. The van der Waals surface area contributed by atoms with Crippen LogP contribution in [-0.4, -0.2) is 27.8 Å². The van der Waals surface area contributed by atoms with E-state index in [4.69, 9.17) is 18.9 Å². The molecule has 0 aliphatic heterocycles. The van der Waals surface area contributed by atoms with Crippen molar-refractivity contribution in [1.82, 2.24) is 0 Å². The van der Waals surface area contributed by atoms with Gasteiger partial charge in [-0.05, 0) is 36.1 Å². The van der Waals surface area contributed by atoms with Crippen LogP contribution in [-0.2, 0) is 27.6 Å². The second-order valence-electron chi connectivity index (χ2n) is 5.29. The lowest BCUT2D eigenvalue weighted by Gasteiger charge is -2.16. The van der Waals surface area contributed by atoms with Crippen LogP contribution in [0.3, 0.4) is 0 Å². The van der Waals surface area contributed by atoms with Crippen LogP contribution < -0.4 is 9.47 Å². The van der Waals surface area contributed by atoms with Crippen LogP contribution in [0.1, 0.15) is 16.7 Å². The number of hydrogen-bond acceptors (Lipinski definition) is 4. The summed E-state index contributed by atoms with van der Waals surface area (Å²) in [4.78, 5) is 0. The van der Waals surface area contributed by atoms with Gasteiger partial charge >= 0.3 is 0 Å². The van der Waals surface area contributed by atoms with E-state index in [1.165, 1.54) is 5.56 Å². The molecule has 130 valence electrons. The van der Waals surface area contributed by atoms with E-state index in [1.54, 1.807) is 14.2 Å². The minimum absolute atomic E-state index is 0.200. The van der Waals surface area contributed by atoms with Gasteiger partial charge in [-0.25, -0.2) is 0 Å². The zero-order valence-corrected chi connectivity index (χ0v) is 15.7. The number of benzene rings is 2. The fraction of sp³-hybridized carbons (Fsp3) is 0.368. The van der Waals surface area contributed by atoms with E-state index in [0.29, 0.717) is 5.33 Å². The number of hydrogen-bond donors (Lipinski definition) is 0. The Labute approximate surface area is 151 Å². The van der Waals surface area contributed by atoms with Crippen LogP contribution in [0.2, 0.25) is 0 Å². The van der Waals surface area contributed by atoms with Crippen LogP contribution in [0.4, 0.5) is 0 Å². The first-order valence-corrected chi connectivity index (χ1v) is 8.89. The van der Waals surface area contributed by atoms with Crippen molar-refractivity contribution >= 4 is 15.9 Å². The largest absolute Gasteiger partial charge is 0.467 e. The molecule has 0 spiro atoms. The number of aryl methyl sites for hydroxylation is 2. The maximum absolute atomic E-state index is 5.72. The van der Waals surface area contributed by atoms with Gasteiger partial charge in [0.25, 0.3) is 0 Å². The summed E-state index contributed by atoms with van der Waals surface area (Å²) in [7, 11) is 3.21. The van der Waals surface area contributed by atoms with Crippen molar-refractivity contribution in [2.24, 2.45) is 0 Å². The topological polar surface area (TPSA) is 36.9 Å². The molecule has 0 saturated carbocycles. The van der Waals surface area contributed by atoms with Crippen LogP contribution in [0.25, 0.3) is 0 Å². The quantitative estimate of drug-likeness (QED) is 0.443. The molecule has 0 atom stereocenters. The van der Waals surface area contributed by atoms with E-state index < -0.39 is 0 Å². The first-order valence-electron chi connectivity index (χ1n) is 7.77. The Morgan fingerprint density at radius 2 is 1.33 bits per heavy atom. The van der Waals surface area contributed by atoms with E-state index in [9.17, 15) is 0 Å². The van der Waals surface area contributed by atoms with Gasteiger partial charge in [-0.3, -0.25) is 0 Å². The third kappa shape index (κ3) is 5.51. The fourth-order valence-corrected chi connectivity index (χ4v) is 2.94. The molecule has 2 aromatic carbocycles. The summed E-state index contributed by atoms with van der Waals surface area (Å²) >= 11 is 3.50. The lowest BCUT2D eigenvalue weighted by molar-refractivity contribution is 0.0449. The Balaban J connectivity index is 2.21. The predicted molar refractivity (Wildman–Crippen MR) is 97.9 cm³/mol. The minimum Gasteiger partial charge on any atom is -0.467 e. The molecule has 0 aromatic heterocycles. The average Bonchev–Trinajstić information content (AvgIpc) is 2.63. The van der Waals surface area contributed by atoms with E-state index >= 15 is 0 Å². The van der Waals surface area contributed by atoms with Crippen molar-refractivity contribution in [3.63, 3.8) is 0 Å². The summed E-state index contributed by atoms with van der Waals surface area (Å²) in [6, 6.07) is 14.5. The van der Waals surface area contributed by atoms with Gasteiger partial charge in [0.05, 0.1) is 0 Å². The monoisotopic (exact) mass is 394 g/mol. The van der Waals surface area contributed by atoms with Gasteiger partial charge in [0.15, 0.2) is 13.6 Å². The Kier molecular flexibility index (Phi) is 8.08. The molecule has 2 aromatic rings. The van der Waals surface area contributed by atoms with Crippen LogP contribution in [0, 0.1) is 0 Å². The molecule has 0 amide bonds. The lowest BCUT2D eigenvalue weighted by atomic mass is 10.0. The molecule has 0 heterocycles. The molecule has 5 heteroatoms. The van der Waals surface area contributed by atoms with Crippen molar-refractivity contribution in [2.45, 2.75) is 18.2 Å². The van der Waals surface area contributed by atoms with Gasteiger partial charge < -0.3 is 18.9 Å². The summed E-state index contributed by atoms with van der Waals surface area (Å²) in [5.41, 5.74) is 3.41. The zero-order valence-electron chi connectivity index (χ0n) is 14.1. The summed E-state index contributed by atoms with van der Waals surface area (Å²) in [6.07, 6.45) is 1.86. The fourth-order valence-electron chi connectivity index (χ4n) is 2.39. The normalized spacial score (nSPS) is 10.6. The zero-order chi connectivity index (χ0) is 17.2. The number of halogens is 1. The van der Waals surface area contributed by atoms with Crippen molar-refractivity contribution in [1.29, 1.82) is 0 Å². The van der Waals surface area contributed by atoms with Crippen molar-refractivity contribution < 1.29 is 18.9 Å². The smallest absolute Gasteiger partial charge is 0.188 e. The van der Waals surface area contributed by atoms with Crippen molar-refractivity contribution in [3.8, 4) is 11.5 Å². The molecule has 2 rings (SSSR count). The molecule has 0 radical (unpaired) electrons. The molecule has 0 fully saturated rings. The Morgan fingerprint density at radius 3 is 1.83 bits per heavy atom. The second-order valence-corrected chi connectivity index (χ2v) is 5.85. The minimum atomic E-state index is 0.200. The van der Waals surface area contributed by atoms with E-state index in [0.717, 1.165) is 35.5 Å². The number of methoxy groups -OCH3 is 2. The Hall–Kier alpha value is -1.56. The number of ether oxygens (including phenoxy) is 4. The Bertz CT molecular complexity index is 587. The molecule has 0 bridgehead atoms. The molecule has 0 aliphatic carbocycles. The van der Waals surface area contributed by atoms with Crippen molar-refractivity contribution in [2.75, 3.05) is 27.8 Å². The third-order valence-corrected chi connectivity index (χ3v) is 4.13. The molecular formula is C19H23BrO4. The summed E-state index contributed by atoms with van der Waals surface area (Å²) < 4.78 is 21.5. The maximum Gasteiger partial charge on any atom is 0.188 e. The van der Waals surface area contributed by atoms with E-state index in [2.05, 4.69) is 52.3 Å². The first kappa shape index (κ1) is 18.8. The van der Waals surface area contributed by atoms with Crippen LogP contribution in [0.5, 0.6) is 11.5 Å². The highest BCUT2D eigenvalue weighted by molar-refractivity contribution is 9.08. The predicted octanol–water partition coefficient (Wildman–Crippen LogP) is 4.33. The second kappa shape index (κ2) is 10.3. The number of alkyl halides is 1. The standard InChI is InChI=1S/C19H23BrO4/c1-21-13-23-18-10-16(9-8-15-6-4-3-5-7-15)11-19(17(18)12-20)24-14-22-2/h3-7,10-11H,8-9,12-14H2,1-2H3. The molecule has 0 N–H and O–H groups in total. The van der Waals surface area contributed by atoms with Gasteiger partial charge in [-0.2, -0.15) is 0 Å². The van der Waals surface area contributed by atoms with Crippen LogP contribution in [0.15, 0.2) is 42.5 Å². The van der Waals surface area contributed by atoms with Crippen molar-refractivity contribution in [3.05, 3.63) is 59.2 Å². The molecular weight excluding hydrogens is 372 g/mol. The third-order valence-electron chi connectivity index (χ3n) is 3.57. The Morgan fingerprint density at radius 1 is 0.792 bits per heavy atom. The van der Waals surface area contributed by atoms with E-state index in [1.807, 2.05) is 6.07 Å². The lowest BCUT2D eigenvalue weighted by Crippen LogP contribution is -2.06. The SMILES string of the molecule is COCOc1cc(CCc2ccccc2)cc(OCOC)c1CBr. The molecule has 0 unspecified atom stereocenters. The van der Waals surface area contributed by atoms with Gasteiger partial charge in [0, 0.05) is 25.1 Å². The highest BCUT2D eigenvalue weighted by atomic mass is 79.9. The summed E-state index contributed by atoms with van der Waals surface area (Å²) in [5, 5.41) is 0.629. The molecule has 0 saturated heterocycles. The molecule has 4 nitrogen and oxygen atoms in total. The van der Waals surface area contributed by atoms with Gasteiger partial charge in [0.1, 0.15) is 11.5 Å². The maximum atomic E-state index is 5.72. The molecule has 24 heavy (non-hydrogen) atoms. The summed E-state index contributed by atoms with van der Waals surface area (Å²) in [5.74, 6) is 1.54. The van der Waals surface area contributed by atoms with Crippen LogP contribution >= 0.6 is 15.9 Å². The average molecular weight is 395 g/mol. The molecule has 0 aliphatic rings. The highest BCUT2D eigenvalue weighted by Gasteiger charge is 2.13. The first-order chi connectivity index (χ1) is 11.8. The van der Waals surface area contributed by atoms with Gasteiger partial charge in [0.2, 0.25) is 0 Å². The number of rotatable bonds is 10. The van der Waals surface area contributed by atoms with E-state index in [-0.39, 0.29) is 13.6 Å². The van der Waals surface area contributed by atoms with Gasteiger partial charge in [-0.15, -0.1) is 0 Å². The van der Waals surface area contributed by atoms with Gasteiger partial charge in [-0.1, -0.05) is 46.3 Å².